The summed E-state index contributed by atoms with van der Waals surface area (Å²) >= 11 is 0. The lowest BCUT2D eigenvalue weighted by atomic mass is 9.84. The van der Waals surface area contributed by atoms with Crippen molar-refractivity contribution in [3.8, 4) is 0 Å². The summed E-state index contributed by atoms with van der Waals surface area (Å²) in [4.78, 5) is 11.7. The number of nitrogens with two attached hydrogens (primary N) is 1. The van der Waals surface area contributed by atoms with Crippen LogP contribution >= 0.6 is 0 Å². The van der Waals surface area contributed by atoms with E-state index in [4.69, 9.17) is 10.5 Å². The van der Waals surface area contributed by atoms with Crippen LogP contribution in [0.1, 0.15) is 46.8 Å². The Labute approximate surface area is 108 Å². The second-order valence-electron chi connectivity index (χ2n) is 5.40. The van der Waals surface area contributed by atoms with E-state index in [9.17, 15) is 4.79 Å². The number of hydrogen-bond acceptors (Lipinski definition) is 3. The van der Waals surface area contributed by atoms with Gasteiger partial charge < -0.3 is 10.5 Å². The Morgan fingerprint density at radius 1 is 1.39 bits per heavy atom. The smallest absolute Gasteiger partial charge is 0.337 e. The summed E-state index contributed by atoms with van der Waals surface area (Å²) in [7, 11) is 1.41. The van der Waals surface area contributed by atoms with Gasteiger partial charge in [0.25, 0.3) is 0 Å². The highest BCUT2D eigenvalue weighted by Gasteiger charge is 2.48. The lowest BCUT2D eigenvalue weighted by molar-refractivity contribution is 0.0600. The molecule has 0 bridgehead atoms. The molecule has 0 radical (unpaired) electrons. The van der Waals surface area contributed by atoms with Crippen molar-refractivity contribution >= 4 is 5.97 Å². The first-order valence-electron chi connectivity index (χ1n) is 6.38. The van der Waals surface area contributed by atoms with Gasteiger partial charge in [0.2, 0.25) is 0 Å². The summed E-state index contributed by atoms with van der Waals surface area (Å²) in [5.74, 6) is -0.278. The minimum absolute atomic E-state index is 0.0683. The molecule has 3 nitrogen and oxygen atoms in total. The minimum atomic E-state index is -0.278. The lowest BCUT2D eigenvalue weighted by Gasteiger charge is -2.24. The normalized spacial score (nSPS) is 18.3. The molecule has 1 saturated carbocycles. The van der Waals surface area contributed by atoms with Crippen molar-refractivity contribution < 1.29 is 9.53 Å². The van der Waals surface area contributed by atoms with Gasteiger partial charge in [0, 0.05) is 11.5 Å². The predicted octanol–water partition coefficient (Wildman–Crippen LogP) is 2.47. The number of ether oxygens (including phenoxy) is 1. The minimum Gasteiger partial charge on any atom is -0.465 e. The van der Waals surface area contributed by atoms with Crippen LogP contribution in [-0.4, -0.2) is 19.1 Å². The third-order valence-corrected chi connectivity index (χ3v) is 4.29. The van der Waals surface area contributed by atoms with Crippen molar-refractivity contribution in [2.75, 3.05) is 7.11 Å². The molecule has 1 aliphatic carbocycles. The summed E-state index contributed by atoms with van der Waals surface area (Å²) in [5.41, 5.74) is 10.4. The number of hydrogen-bond donors (Lipinski definition) is 1. The molecule has 3 heteroatoms. The zero-order valence-electron chi connectivity index (χ0n) is 11.5. The maximum Gasteiger partial charge on any atom is 0.337 e. The van der Waals surface area contributed by atoms with E-state index in [0.29, 0.717) is 5.56 Å². The van der Waals surface area contributed by atoms with E-state index in [0.717, 1.165) is 18.4 Å². The molecule has 1 aromatic rings. The van der Waals surface area contributed by atoms with Gasteiger partial charge >= 0.3 is 5.97 Å². The van der Waals surface area contributed by atoms with Crippen LogP contribution in [0.25, 0.3) is 0 Å². The number of rotatable bonds is 3. The van der Waals surface area contributed by atoms with Crippen LogP contribution in [0, 0.1) is 13.8 Å². The van der Waals surface area contributed by atoms with E-state index >= 15 is 0 Å². The number of aryl methyl sites for hydroxylation is 1. The first-order chi connectivity index (χ1) is 8.42. The monoisotopic (exact) mass is 247 g/mol. The van der Waals surface area contributed by atoms with Crippen LogP contribution in [0.5, 0.6) is 0 Å². The zero-order valence-corrected chi connectivity index (χ0v) is 11.5. The molecule has 1 aromatic carbocycles. The Kier molecular flexibility index (Phi) is 3.20. The van der Waals surface area contributed by atoms with E-state index in [1.54, 1.807) is 0 Å². The van der Waals surface area contributed by atoms with Gasteiger partial charge in [-0.05, 0) is 62.4 Å². The van der Waals surface area contributed by atoms with Crippen molar-refractivity contribution in [2.24, 2.45) is 5.73 Å². The second-order valence-corrected chi connectivity index (χ2v) is 5.40. The molecule has 2 N–H and O–H groups in total. The Morgan fingerprint density at radius 3 is 2.44 bits per heavy atom. The van der Waals surface area contributed by atoms with Crippen molar-refractivity contribution in [1.82, 2.24) is 0 Å². The third kappa shape index (κ3) is 1.93. The third-order valence-electron chi connectivity index (χ3n) is 4.29. The fourth-order valence-electron chi connectivity index (χ4n) is 2.72. The van der Waals surface area contributed by atoms with Gasteiger partial charge in [0.15, 0.2) is 0 Å². The first-order valence-corrected chi connectivity index (χ1v) is 6.38. The summed E-state index contributed by atoms with van der Waals surface area (Å²) in [5, 5.41) is 0. The maximum atomic E-state index is 11.7. The van der Waals surface area contributed by atoms with E-state index in [1.807, 2.05) is 26.0 Å². The summed E-state index contributed by atoms with van der Waals surface area (Å²) in [6, 6.07) is 3.97. The SMILES string of the molecule is COC(=O)c1cc(C)c(C)c(C2(C(C)N)CC2)c1. The summed E-state index contributed by atoms with van der Waals surface area (Å²) in [6.45, 7) is 6.18. The molecule has 1 aliphatic rings. The maximum absolute atomic E-state index is 11.7. The number of esters is 1. The standard InChI is InChI=1S/C15H21NO2/c1-9-7-12(14(17)18-4)8-13(10(9)2)15(5-6-15)11(3)16/h7-8,11H,5-6,16H2,1-4H3. The van der Waals surface area contributed by atoms with E-state index < -0.39 is 0 Å². The number of carbonyl (C=O) groups excluding carboxylic acids is 1. The van der Waals surface area contributed by atoms with Crippen LogP contribution in [-0.2, 0) is 10.2 Å². The molecule has 0 spiro atoms. The summed E-state index contributed by atoms with van der Waals surface area (Å²) < 4.78 is 4.81. The highest BCUT2D eigenvalue weighted by molar-refractivity contribution is 5.90. The topological polar surface area (TPSA) is 52.3 Å². The lowest BCUT2D eigenvalue weighted by Crippen LogP contribution is -2.32. The molecule has 0 saturated heterocycles. The zero-order chi connectivity index (χ0) is 13.5. The predicted molar refractivity (Wildman–Crippen MR) is 71.8 cm³/mol. The highest BCUT2D eigenvalue weighted by atomic mass is 16.5. The van der Waals surface area contributed by atoms with E-state index in [1.165, 1.54) is 18.2 Å². The molecule has 18 heavy (non-hydrogen) atoms. The van der Waals surface area contributed by atoms with Gasteiger partial charge in [-0.1, -0.05) is 0 Å². The molecule has 1 atom stereocenters. The van der Waals surface area contributed by atoms with Crippen molar-refractivity contribution in [2.45, 2.75) is 45.1 Å². The Balaban J connectivity index is 2.54. The second kappa shape index (κ2) is 4.39. The average molecular weight is 247 g/mol. The fourth-order valence-corrected chi connectivity index (χ4v) is 2.72. The van der Waals surface area contributed by atoms with Gasteiger partial charge in [0.1, 0.15) is 0 Å². The average Bonchev–Trinajstić information content (AvgIpc) is 3.12. The Morgan fingerprint density at radius 2 is 2.00 bits per heavy atom. The van der Waals surface area contributed by atoms with E-state index in [2.05, 4.69) is 6.92 Å². The van der Waals surface area contributed by atoms with Gasteiger partial charge in [-0.15, -0.1) is 0 Å². The number of carbonyl (C=O) groups is 1. The molecule has 0 heterocycles. The van der Waals surface area contributed by atoms with Crippen LogP contribution < -0.4 is 5.73 Å². The first kappa shape index (κ1) is 13.1. The van der Waals surface area contributed by atoms with Gasteiger partial charge in [0.05, 0.1) is 12.7 Å². The molecule has 1 fully saturated rings. The Bertz CT molecular complexity index is 488. The van der Waals surface area contributed by atoms with Gasteiger partial charge in [-0.2, -0.15) is 0 Å². The highest BCUT2D eigenvalue weighted by Crippen LogP contribution is 2.51. The fraction of sp³-hybridized carbons (Fsp3) is 0.533. The molecule has 2 rings (SSSR count). The quantitative estimate of drug-likeness (QED) is 0.835. The Hall–Kier alpha value is -1.35. The van der Waals surface area contributed by atoms with Gasteiger partial charge in [-0.3, -0.25) is 0 Å². The number of methoxy groups -OCH3 is 1. The van der Waals surface area contributed by atoms with Crippen LogP contribution in [0.15, 0.2) is 12.1 Å². The van der Waals surface area contributed by atoms with Gasteiger partial charge in [-0.25, -0.2) is 4.79 Å². The number of benzene rings is 1. The molecule has 0 aromatic heterocycles. The molecule has 98 valence electrons. The van der Waals surface area contributed by atoms with Crippen molar-refractivity contribution in [1.29, 1.82) is 0 Å². The molecular formula is C15H21NO2. The largest absolute Gasteiger partial charge is 0.465 e. The molecule has 0 amide bonds. The van der Waals surface area contributed by atoms with Crippen LogP contribution in [0.4, 0.5) is 0 Å². The molecular weight excluding hydrogens is 226 g/mol. The van der Waals surface area contributed by atoms with Crippen molar-refractivity contribution in [3.05, 3.63) is 34.4 Å². The summed E-state index contributed by atoms with van der Waals surface area (Å²) in [6.07, 6.45) is 2.21. The van der Waals surface area contributed by atoms with E-state index in [-0.39, 0.29) is 17.4 Å². The van der Waals surface area contributed by atoms with Crippen LogP contribution in [0.2, 0.25) is 0 Å². The molecule has 0 aliphatic heterocycles. The van der Waals surface area contributed by atoms with Crippen LogP contribution in [0.3, 0.4) is 0 Å². The van der Waals surface area contributed by atoms with Crippen molar-refractivity contribution in [3.63, 3.8) is 0 Å². The molecule has 1 unspecified atom stereocenters.